The van der Waals surface area contributed by atoms with Crippen LogP contribution in [0, 0.1) is 39.9 Å². The van der Waals surface area contributed by atoms with Gasteiger partial charge in [0.05, 0.1) is 12.2 Å². The third-order valence-electron chi connectivity index (χ3n) is 10.2. The zero-order valence-corrected chi connectivity index (χ0v) is 14.1. The highest BCUT2D eigenvalue weighted by Gasteiger charge is 2.87. The molecule has 0 radical (unpaired) electrons. The van der Waals surface area contributed by atoms with Crippen molar-refractivity contribution in [3.8, 4) is 0 Å². The zero-order chi connectivity index (χ0) is 16.2. The zero-order valence-electron chi connectivity index (χ0n) is 14.1. The molecule has 24 heavy (non-hydrogen) atoms. The number of carbonyl (C=O) groups is 1. The van der Waals surface area contributed by atoms with Crippen LogP contribution in [0.1, 0.15) is 39.0 Å². The van der Waals surface area contributed by atoms with Gasteiger partial charge in [0.2, 0.25) is 0 Å². The summed E-state index contributed by atoms with van der Waals surface area (Å²) < 4.78 is 6.51. The number of hydrogen-bond acceptors (Lipinski definition) is 4. The van der Waals surface area contributed by atoms with Gasteiger partial charge in [-0.15, -0.1) is 0 Å². The number of Topliss-reactive ketones (excluding diaryl/α,β-unsaturated/α-hetero) is 1. The number of piperidine rings is 1. The molecule has 9 aliphatic rings. The second-order valence-electron chi connectivity index (χ2n) is 10.2. The Morgan fingerprint density at radius 3 is 3.04 bits per heavy atom. The largest absolute Gasteiger partial charge is 0.388 e. The molecule has 4 aliphatic heterocycles. The molecule has 11 atom stereocenters. The van der Waals surface area contributed by atoms with Crippen molar-refractivity contribution in [2.75, 3.05) is 0 Å². The molecule has 128 valence electrons. The van der Waals surface area contributed by atoms with E-state index < -0.39 is 6.10 Å². The average molecular weight is 327 g/mol. The van der Waals surface area contributed by atoms with Crippen molar-refractivity contribution in [3.05, 3.63) is 12.2 Å². The lowest BCUT2D eigenvalue weighted by Gasteiger charge is -2.70. The van der Waals surface area contributed by atoms with Gasteiger partial charge in [-0.2, -0.15) is 0 Å². The van der Waals surface area contributed by atoms with Gasteiger partial charge in [0.1, 0.15) is 12.0 Å². The van der Waals surface area contributed by atoms with Gasteiger partial charge in [-0.25, -0.2) is 0 Å². The molecular formula is C20H25NO3. The smallest absolute Gasteiger partial charge is 0.140 e. The minimum Gasteiger partial charge on any atom is -0.388 e. The summed E-state index contributed by atoms with van der Waals surface area (Å²) in [5.74, 6) is 1.69. The van der Waals surface area contributed by atoms with E-state index in [1.807, 2.05) is 0 Å². The number of aliphatic hydroxyl groups excluding tert-OH is 1. The van der Waals surface area contributed by atoms with Crippen LogP contribution in [0.3, 0.4) is 0 Å². The lowest BCUT2D eigenvalue weighted by Crippen LogP contribution is -2.77. The van der Waals surface area contributed by atoms with Crippen LogP contribution in [-0.2, 0) is 9.53 Å². The molecule has 4 heteroatoms. The Morgan fingerprint density at radius 2 is 2.21 bits per heavy atom. The van der Waals surface area contributed by atoms with E-state index in [1.54, 1.807) is 0 Å². The number of aliphatic hydroxyl groups is 1. The fraction of sp³-hybridized carbons (Fsp3) is 0.850. The monoisotopic (exact) mass is 327 g/mol. The first kappa shape index (κ1) is 13.5. The molecule has 4 saturated heterocycles. The summed E-state index contributed by atoms with van der Waals surface area (Å²) in [5.41, 5.74) is 0.997. The Labute approximate surface area is 142 Å². The van der Waals surface area contributed by atoms with Gasteiger partial charge in [-0.3, -0.25) is 10.1 Å². The number of carbonyl (C=O) groups excluding carboxylic acids is 1. The highest BCUT2D eigenvalue weighted by Crippen LogP contribution is 2.84. The number of ether oxygens (including phenoxy) is 1. The van der Waals surface area contributed by atoms with Crippen molar-refractivity contribution in [1.82, 2.24) is 5.32 Å². The van der Waals surface area contributed by atoms with Crippen LogP contribution in [0.5, 0.6) is 0 Å². The van der Waals surface area contributed by atoms with Gasteiger partial charge in [0.25, 0.3) is 0 Å². The van der Waals surface area contributed by atoms with Gasteiger partial charge in [-0.1, -0.05) is 13.5 Å². The Morgan fingerprint density at radius 1 is 1.38 bits per heavy atom. The molecule has 4 heterocycles. The molecule has 2 N–H and O–H groups in total. The standard InChI is InChI=1S/C20H25NO3/c1-8-9-7-19(16(8)23)10-5-12-18(2)4-3-14-20(12,13(19)6-11(9)22)15(10)21-17(18)24-14/h9-10,12-17,21,23H,1,3-7H2,2H3. The first-order chi connectivity index (χ1) is 11.5. The van der Waals surface area contributed by atoms with Crippen LogP contribution in [0.4, 0.5) is 0 Å². The van der Waals surface area contributed by atoms with Gasteiger partial charge in [-0.05, 0) is 49.0 Å². The van der Waals surface area contributed by atoms with Crippen molar-refractivity contribution in [3.63, 3.8) is 0 Å². The Kier molecular flexibility index (Phi) is 1.93. The van der Waals surface area contributed by atoms with Gasteiger partial charge < -0.3 is 9.84 Å². The second-order valence-corrected chi connectivity index (χ2v) is 10.2. The van der Waals surface area contributed by atoms with Crippen molar-refractivity contribution < 1.29 is 14.6 Å². The van der Waals surface area contributed by atoms with Crippen molar-refractivity contribution >= 4 is 5.78 Å². The second kappa shape index (κ2) is 3.43. The predicted molar refractivity (Wildman–Crippen MR) is 85.8 cm³/mol. The summed E-state index contributed by atoms with van der Waals surface area (Å²) in [5, 5.41) is 15.1. The van der Waals surface area contributed by atoms with E-state index in [0.29, 0.717) is 36.2 Å². The molecule has 9 bridgehead atoms. The highest BCUT2D eigenvalue weighted by molar-refractivity contribution is 5.87. The SMILES string of the molecule is C=C1C2CC3(C1O)C1CC4C5(C)CCC6OC5NC1C64C3CC2=O. The summed E-state index contributed by atoms with van der Waals surface area (Å²) in [6, 6.07) is 0.441. The van der Waals surface area contributed by atoms with Crippen LogP contribution in [0.25, 0.3) is 0 Å². The number of ketones is 1. The number of hydrogen-bond donors (Lipinski definition) is 2. The molecule has 2 spiro atoms. The van der Waals surface area contributed by atoms with E-state index in [1.165, 1.54) is 12.8 Å². The van der Waals surface area contributed by atoms with E-state index in [2.05, 4.69) is 18.8 Å². The van der Waals surface area contributed by atoms with Crippen molar-refractivity contribution in [2.45, 2.75) is 63.5 Å². The fourth-order valence-corrected chi connectivity index (χ4v) is 9.55. The first-order valence-corrected chi connectivity index (χ1v) is 9.76. The Hall–Kier alpha value is -0.710. The maximum Gasteiger partial charge on any atom is 0.140 e. The van der Waals surface area contributed by atoms with Crippen molar-refractivity contribution in [2.24, 2.45) is 39.9 Å². The molecule has 9 rings (SSSR count). The van der Waals surface area contributed by atoms with E-state index in [9.17, 15) is 9.90 Å². The van der Waals surface area contributed by atoms with Crippen LogP contribution in [0.15, 0.2) is 12.2 Å². The van der Waals surface area contributed by atoms with Crippen LogP contribution >= 0.6 is 0 Å². The van der Waals surface area contributed by atoms with Gasteiger partial charge >= 0.3 is 0 Å². The predicted octanol–water partition coefficient (Wildman–Crippen LogP) is 1.63. The summed E-state index contributed by atoms with van der Waals surface area (Å²) in [7, 11) is 0. The fourth-order valence-electron chi connectivity index (χ4n) is 9.55. The third-order valence-corrected chi connectivity index (χ3v) is 10.2. The average Bonchev–Trinajstić information content (AvgIpc) is 3.09. The molecule has 5 saturated carbocycles. The quantitative estimate of drug-likeness (QED) is 0.664. The maximum absolute atomic E-state index is 12.9. The molecule has 0 aromatic rings. The first-order valence-electron chi connectivity index (χ1n) is 9.76. The van der Waals surface area contributed by atoms with Crippen LogP contribution in [0.2, 0.25) is 0 Å². The lowest BCUT2D eigenvalue weighted by atomic mass is 9.42. The minimum atomic E-state index is -0.489. The summed E-state index contributed by atoms with van der Waals surface area (Å²) in [4.78, 5) is 12.9. The van der Waals surface area contributed by atoms with Gasteiger partial charge in [0, 0.05) is 34.6 Å². The summed E-state index contributed by atoms with van der Waals surface area (Å²) in [6.07, 6.45) is 5.07. The van der Waals surface area contributed by atoms with E-state index in [4.69, 9.17) is 4.74 Å². The van der Waals surface area contributed by atoms with Crippen molar-refractivity contribution in [1.29, 1.82) is 0 Å². The molecule has 0 amide bonds. The molecule has 5 aliphatic carbocycles. The van der Waals surface area contributed by atoms with Crippen LogP contribution < -0.4 is 5.32 Å². The highest BCUT2D eigenvalue weighted by atomic mass is 16.5. The number of nitrogens with one attached hydrogen (secondary N) is 1. The Balaban J connectivity index is 1.51. The third kappa shape index (κ3) is 0.945. The number of fused-ring (bicyclic) bond motifs is 2. The van der Waals surface area contributed by atoms with Crippen LogP contribution in [-0.4, -0.2) is 35.4 Å². The lowest BCUT2D eigenvalue weighted by molar-refractivity contribution is -0.327. The molecule has 9 fully saturated rings. The number of rotatable bonds is 0. The molecule has 11 unspecified atom stereocenters. The Bertz CT molecular complexity index is 734. The summed E-state index contributed by atoms with van der Waals surface area (Å²) in [6.45, 7) is 6.56. The molecule has 0 aromatic heterocycles. The van der Waals surface area contributed by atoms with E-state index in [-0.39, 0.29) is 34.3 Å². The molecule has 0 aromatic carbocycles. The summed E-state index contributed by atoms with van der Waals surface area (Å²) >= 11 is 0. The van der Waals surface area contributed by atoms with E-state index >= 15 is 0 Å². The topological polar surface area (TPSA) is 58.6 Å². The molecule has 4 nitrogen and oxygen atoms in total. The van der Waals surface area contributed by atoms with E-state index in [0.717, 1.165) is 18.4 Å². The minimum absolute atomic E-state index is 0.0820. The maximum atomic E-state index is 12.9. The normalized spacial score (nSPS) is 70.4. The van der Waals surface area contributed by atoms with Gasteiger partial charge in [0.15, 0.2) is 0 Å². The molecular weight excluding hydrogens is 302 g/mol.